The molecule has 4 nitrogen and oxygen atoms in total. The molecule has 1 aromatic rings. The van der Waals surface area contributed by atoms with Gasteiger partial charge in [0.1, 0.15) is 12.7 Å². The van der Waals surface area contributed by atoms with Crippen LogP contribution in [0.25, 0.3) is 0 Å². The molecule has 0 radical (unpaired) electrons. The van der Waals surface area contributed by atoms with Crippen LogP contribution < -0.4 is 0 Å². The predicted octanol–water partition coefficient (Wildman–Crippen LogP) is 3.22. The molecule has 1 aromatic carbocycles. The minimum absolute atomic E-state index is 0.104. The molecule has 2 saturated heterocycles. The lowest BCUT2D eigenvalue weighted by Gasteiger charge is -2.40. The van der Waals surface area contributed by atoms with E-state index in [2.05, 4.69) is 6.08 Å². The third-order valence-electron chi connectivity index (χ3n) is 5.59. The highest BCUT2D eigenvalue weighted by molar-refractivity contribution is 7.99. The van der Waals surface area contributed by atoms with Crippen molar-refractivity contribution in [3.63, 3.8) is 0 Å². The molecule has 4 rings (SSSR count). The number of thioether (sulfide) groups is 1. The molecule has 0 saturated carbocycles. The Hall–Kier alpha value is -1.75. The molecular formula is C20H22O4S. The number of carbonyl (C=O) groups excluding carboxylic acids is 2. The van der Waals surface area contributed by atoms with Gasteiger partial charge >= 0.3 is 11.9 Å². The van der Waals surface area contributed by atoms with Crippen LogP contribution in [0.15, 0.2) is 42.0 Å². The quantitative estimate of drug-likeness (QED) is 0.613. The number of rotatable bonds is 3. The lowest BCUT2D eigenvalue weighted by atomic mass is 9.65. The zero-order chi connectivity index (χ0) is 17.4. The summed E-state index contributed by atoms with van der Waals surface area (Å²) in [6, 6.07) is 9.71. The van der Waals surface area contributed by atoms with Crippen LogP contribution in [0.4, 0.5) is 0 Å². The van der Waals surface area contributed by atoms with Crippen LogP contribution in [0.2, 0.25) is 0 Å². The average molecular weight is 358 g/mol. The van der Waals surface area contributed by atoms with Gasteiger partial charge in [-0.2, -0.15) is 11.8 Å². The van der Waals surface area contributed by atoms with E-state index in [1.165, 1.54) is 5.57 Å². The summed E-state index contributed by atoms with van der Waals surface area (Å²) in [7, 11) is 0. The van der Waals surface area contributed by atoms with Gasteiger partial charge in [-0.05, 0) is 30.6 Å². The van der Waals surface area contributed by atoms with Crippen LogP contribution in [0, 0.1) is 23.7 Å². The first-order valence-electron chi connectivity index (χ1n) is 8.84. The van der Waals surface area contributed by atoms with E-state index in [1.54, 1.807) is 0 Å². The van der Waals surface area contributed by atoms with Gasteiger partial charge in [-0.3, -0.25) is 9.59 Å². The van der Waals surface area contributed by atoms with Crippen molar-refractivity contribution in [1.29, 1.82) is 0 Å². The van der Waals surface area contributed by atoms with E-state index in [-0.39, 0.29) is 48.3 Å². The van der Waals surface area contributed by atoms with Crippen molar-refractivity contribution in [2.24, 2.45) is 23.7 Å². The van der Waals surface area contributed by atoms with E-state index in [9.17, 15) is 9.59 Å². The molecular weight excluding hydrogens is 336 g/mol. The van der Waals surface area contributed by atoms with Gasteiger partial charge in [0.15, 0.2) is 0 Å². The van der Waals surface area contributed by atoms with Crippen LogP contribution >= 0.6 is 11.8 Å². The van der Waals surface area contributed by atoms with Gasteiger partial charge in [-0.25, -0.2) is 0 Å². The largest absolute Gasteiger partial charge is 0.462 e. The summed E-state index contributed by atoms with van der Waals surface area (Å²) in [4.78, 5) is 25.2. The number of esters is 2. The number of carbonyl (C=O) groups is 2. The number of hydrogen-bond donors (Lipinski definition) is 0. The summed E-state index contributed by atoms with van der Waals surface area (Å²) in [5.74, 6) is 1.07. The molecule has 2 heterocycles. The summed E-state index contributed by atoms with van der Waals surface area (Å²) in [5.41, 5.74) is 2.20. The Morgan fingerprint density at radius 2 is 2.12 bits per heavy atom. The van der Waals surface area contributed by atoms with Gasteiger partial charge in [0.2, 0.25) is 0 Å². The minimum atomic E-state index is -0.297. The highest BCUT2D eigenvalue weighted by Gasteiger charge is 2.54. The number of fused-ring (bicyclic) bond motifs is 2. The molecule has 5 atom stereocenters. The highest BCUT2D eigenvalue weighted by Crippen LogP contribution is 2.49. The summed E-state index contributed by atoms with van der Waals surface area (Å²) in [5, 5.41) is 0. The van der Waals surface area contributed by atoms with E-state index in [0.29, 0.717) is 0 Å². The molecule has 0 spiro atoms. The van der Waals surface area contributed by atoms with Crippen LogP contribution in [0.1, 0.15) is 18.9 Å². The number of hydrogen-bond acceptors (Lipinski definition) is 5. The first-order chi connectivity index (χ1) is 12.1. The monoisotopic (exact) mass is 358 g/mol. The van der Waals surface area contributed by atoms with Gasteiger partial charge < -0.3 is 9.47 Å². The zero-order valence-electron chi connectivity index (χ0n) is 14.2. The Labute approximate surface area is 152 Å². The normalized spacial score (nSPS) is 33.7. The second kappa shape index (κ2) is 6.87. The molecule has 5 heteroatoms. The fourth-order valence-electron chi connectivity index (χ4n) is 4.40. The Kier molecular flexibility index (Phi) is 4.59. The van der Waals surface area contributed by atoms with Crippen molar-refractivity contribution in [2.75, 3.05) is 11.5 Å². The van der Waals surface area contributed by atoms with Crippen LogP contribution in [-0.4, -0.2) is 29.5 Å². The summed E-state index contributed by atoms with van der Waals surface area (Å²) >= 11 is 1.87. The van der Waals surface area contributed by atoms with E-state index in [0.717, 1.165) is 23.5 Å². The molecule has 0 bridgehead atoms. The smallest absolute Gasteiger partial charge is 0.313 e. The number of ether oxygens (including phenoxy) is 2. The molecule has 0 unspecified atom stereocenters. The van der Waals surface area contributed by atoms with Gasteiger partial charge in [-0.15, -0.1) is 0 Å². The van der Waals surface area contributed by atoms with Crippen LogP contribution in [0.3, 0.4) is 0 Å². The topological polar surface area (TPSA) is 52.6 Å². The van der Waals surface area contributed by atoms with Crippen molar-refractivity contribution in [3.8, 4) is 0 Å². The Morgan fingerprint density at radius 3 is 2.92 bits per heavy atom. The molecule has 0 aromatic heterocycles. The predicted molar refractivity (Wildman–Crippen MR) is 95.8 cm³/mol. The second-order valence-corrected chi connectivity index (χ2v) is 8.16. The van der Waals surface area contributed by atoms with Crippen molar-refractivity contribution < 1.29 is 19.1 Å². The first kappa shape index (κ1) is 16.7. The summed E-state index contributed by atoms with van der Waals surface area (Å²) in [6.45, 7) is 2.17. The maximum Gasteiger partial charge on any atom is 0.313 e. The molecule has 2 aliphatic heterocycles. The third-order valence-corrected chi connectivity index (χ3v) is 6.65. The maximum atomic E-state index is 13.0. The van der Waals surface area contributed by atoms with Crippen LogP contribution in [-0.2, 0) is 25.7 Å². The van der Waals surface area contributed by atoms with E-state index in [4.69, 9.17) is 9.47 Å². The lowest BCUT2D eigenvalue weighted by molar-refractivity contribution is -0.155. The van der Waals surface area contributed by atoms with E-state index in [1.807, 2.05) is 49.0 Å². The molecule has 0 amide bonds. The van der Waals surface area contributed by atoms with Crippen molar-refractivity contribution >= 4 is 23.7 Å². The SMILES string of the molecule is C[C@H]1OC(=O)[C@H]2C=C3CSCC[C@H]3[C@H](C(=O)OCc3ccccc3)[C@@H]21. The van der Waals surface area contributed by atoms with Crippen LogP contribution in [0.5, 0.6) is 0 Å². The second-order valence-electron chi connectivity index (χ2n) is 7.05. The lowest BCUT2D eigenvalue weighted by Crippen LogP contribution is -2.43. The van der Waals surface area contributed by atoms with Crippen molar-refractivity contribution in [1.82, 2.24) is 0 Å². The van der Waals surface area contributed by atoms with Gasteiger partial charge in [0, 0.05) is 11.7 Å². The standard InChI is InChI=1S/C20H22O4S/c1-12-17-16(19(21)24-12)9-14-11-25-8-7-15(14)18(17)20(22)23-10-13-5-3-2-4-6-13/h2-6,9,12,15-18H,7-8,10-11H2,1H3/t12-,15-,16+,17-,18+/m1/s1. The van der Waals surface area contributed by atoms with Gasteiger partial charge in [0.05, 0.1) is 11.8 Å². The molecule has 1 aliphatic carbocycles. The molecule has 132 valence electrons. The minimum Gasteiger partial charge on any atom is -0.462 e. The fraction of sp³-hybridized carbons (Fsp3) is 0.500. The molecule has 25 heavy (non-hydrogen) atoms. The fourth-order valence-corrected chi connectivity index (χ4v) is 5.51. The number of cyclic esters (lactones) is 1. The van der Waals surface area contributed by atoms with Crippen molar-refractivity contribution in [2.45, 2.75) is 26.1 Å². The highest BCUT2D eigenvalue weighted by atomic mass is 32.2. The summed E-state index contributed by atoms with van der Waals surface area (Å²) in [6.07, 6.45) is 2.80. The average Bonchev–Trinajstić information content (AvgIpc) is 2.92. The van der Waals surface area contributed by atoms with Gasteiger partial charge in [0.25, 0.3) is 0 Å². The molecule has 2 fully saturated rings. The number of benzene rings is 1. The maximum absolute atomic E-state index is 13.0. The summed E-state index contributed by atoms with van der Waals surface area (Å²) < 4.78 is 11.1. The van der Waals surface area contributed by atoms with Crippen molar-refractivity contribution in [3.05, 3.63) is 47.5 Å². The Bertz CT molecular complexity index is 699. The first-order valence-corrected chi connectivity index (χ1v) is 10.00. The Morgan fingerprint density at radius 1 is 1.32 bits per heavy atom. The zero-order valence-corrected chi connectivity index (χ0v) is 15.0. The van der Waals surface area contributed by atoms with E-state index >= 15 is 0 Å². The van der Waals surface area contributed by atoms with E-state index < -0.39 is 0 Å². The molecule has 0 N–H and O–H groups in total. The van der Waals surface area contributed by atoms with Gasteiger partial charge in [-0.1, -0.05) is 42.0 Å². The Balaban J connectivity index is 1.58. The third kappa shape index (κ3) is 3.10. The molecule has 3 aliphatic rings.